The average molecular weight is 429 g/mol. The van der Waals surface area contributed by atoms with Gasteiger partial charge in [-0.1, -0.05) is 24.2 Å². The number of rotatable bonds is 6. The molecule has 1 aliphatic carbocycles. The summed E-state index contributed by atoms with van der Waals surface area (Å²) in [5.74, 6) is 1.63. The van der Waals surface area contributed by atoms with Crippen molar-refractivity contribution >= 4 is 28.8 Å². The fraction of sp³-hybridized carbons (Fsp3) is 0.545. The van der Waals surface area contributed by atoms with Crippen LogP contribution in [0, 0.1) is 5.92 Å². The molecular formula is C22H28N4O3S. The van der Waals surface area contributed by atoms with Gasteiger partial charge < -0.3 is 15.0 Å². The monoisotopic (exact) mass is 428 g/mol. The highest BCUT2D eigenvalue weighted by atomic mass is 32.1. The third-order valence-electron chi connectivity index (χ3n) is 6.12. The summed E-state index contributed by atoms with van der Waals surface area (Å²) in [5.41, 5.74) is 0.687. The van der Waals surface area contributed by atoms with Gasteiger partial charge in [0.05, 0.1) is 7.11 Å². The topological polar surface area (TPSA) is 84.4 Å². The number of amides is 2. The van der Waals surface area contributed by atoms with Crippen molar-refractivity contribution in [2.24, 2.45) is 5.92 Å². The van der Waals surface area contributed by atoms with Gasteiger partial charge in [-0.3, -0.25) is 9.59 Å². The van der Waals surface area contributed by atoms with E-state index in [1.807, 2.05) is 4.90 Å². The van der Waals surface area contributed by atoms with E-state index in [1.54, 1.807) is 31.4 Å². The zero-order valence-electron chi connectivity index (χ0n) is 17.3. The Hall–Kier alpha value is -2.48. The Bertz CT molecular complexity index is 869. The first kappa shape index (κ1) is 20.8. The van der Waals surface area contributed by atoms with Gasteiger partial charge in [-0.25, -0.2) is 0 Å². The number of likely N-dealkylation sites (tertiary alicyclic amines) is 1. The van der Waals surface area contributed by atoms with Crippen LogP contribution in [-0.4, -0.2) is 47.1 Å². The van der Waals surface area contributed by atoms with Crippen LogP contribution >= 0.6 is 11.3 Å². The van der Waals surface area contributed by atoms with Crippen molar-refractivity contribution < 1.29 is 14.3 Å². The molecule has 30 heavy (non-hydrogen) atoms. The molecule has 2 amide bonds. The van der Waals surface area contributed by atoms with E-state index in [-0.39, 0.29) is 11.8 Å². The van der Waals surface area contributed by atoms with Crippen LogP contribution in [0.5, 0.6) is 5.75 Å². The van der Waals surface area contributed by atoms with Crippen molar-refractivity contribution in [3.63, 3.8) is 0 Å². The number of piperidine rings is 1. The molecule has 2 fully saturated rings. The second-order valence-electron chi connectivity index (χ2n) is 8.14. The van der Waals surface area contributed by atoms with E-state index in [0.717, 1.165) is 36.7 Å². The minimum Gasteiger partial charge on any atom is -0.497 e. The summed E-state index contributed by atoms with van der Waals surface area (Å²) in [4.78, 5) is 27.0. The summed E-state index contributed by atoms with van der Waals surface area (Å²) in [6.45, 7) is 1.53. The molecule has 7 nitrogen and oxygen atoms in total. The van der Waals surface area contributed by atoms with Gasteiger partial charge in [-0.2, -0.15) is 0 Å². The predicted octanol–water partition coefficient (Wildman–Crippen LogP) is 4.09. The molecule has 1 saturated carbocycles. The molecule has 0 bridgehead atoms. The van der Waals surface area contributed by atoms with Crippen LogP contribution in [0.1, 0.15) is 65.7 Å². The molecule has 160 valence electrons. The van der Waals surface area contributed by atoms with Gasteiger partial charge in [0.2, 0.25) is 10.9 Å². The lowest BCUT2D eigenvalue weighted by atomic mass is 9.96. The summed E-state index contributed by atoms with van der Waals surface area (Å²) in [6, 6.07) is 7.17. The van der Waals surface area contributed by atoms with E-state index < -0.39 is 0 Å². The lowest BCUT2D eigenvalue weighted by Gasteiger charge is -2.31. The molecule has 2 aliphatic rings. The first-order chi connectivity index (χ1) is 14.6. The van der Waals surface area contributed by atoms with Gasteiger partial charge in [0.15, 0.2) is 0 Å². The molecule has 0 unspecified atom stereocenters. The van der Waals surface area contributed by atoms with E-state index in [1.165, 1.54) is 37.0 Å². The zero-order valence-corrected chi connectivity index (χ0v) is 18.1. The van der Waals surface area contributed by atoms with Crippen LogP contribution in [0.4, 0.5) is 5.69 Å². The third-order valence-corrected chi connectivity index (χ3v) is 7.20. The fourth-order valence-electron chi connectivity index (χ4n) is 4.32. The van der Waals surface area contributed by atoms with Crippen molar-refractivity contribution in [1.82, 2.24) is 15.1 Å². The maximum atomic E-state index is 12.5. The SMILES string of the molecule is COc1ccc(NC(=O)c2nnc(C3CCN(C(=O)CC4CCCC4)CC3)s2)cc1. The smallest absolute Gasteiger partial charge is 0.286 e. The number of aromatic nitrogens is 2. The Labute approximate surface area is 180 Å². The molecule has 1 N–H and O–H groups in total. The van der Waals surface area contributed by atoms with Gasteiger partial charge in [0, 0.05) is 31.1 Å². The van der Waals surface area contributed by atoms with Crippen molar-refractivity contribution in [3.05, 3.63) is 34.3 Å². The molecule has 2 aromatic rings. The molecule has 1 aromatic carbocycles. The Morgan fingerprint density at radius 1 is 1.10 bits per heavy atom. The minimum atomic E-state index is -0.256. The number of carbonyl (C=O) groups is 2. The maximum Gasteiger partial charge on any atom is 0.286 e. The highest BCUT2D eigenvalue weighted by Crippen LogP contribution is 2.32. The third kappa shape index (κ3) is 4.98. The largest absolute Gasteiger partial charge is 0.497 e. The molecule has 2 heterocycles. The fourth-order valence-corrected chi connectivity index (χ4v) is 5.22. The number of ether oxygens (including phenoxy) is 1. The van der Waals surface area contributed by atoms with Gasteiger partial charge in [-0.15, -0.1) is 10.2 Å². The summed E-state index contributed by atoms with van der Waals surface area (Å²) in [7, 11) is 1.60. The zero-order chi connectivity index (χ0) is 20.9. The highest BCUT2D eigenvalue weighted by Gasteiger charge is 2.28. The number of methoxy groups -OCH3 is 1. The minimum absolute atomic E-state index is 0.256. The van der Waals surface area contributed by atoms with Gasteiger partial charge in [0.25, 0.3) is 5.91 Å². The quantitative estimate of drug-likeness (QED) is 0.749. The second-order valence-corrected chi connectivity index (χ2v) is 9.15. The molecule has 1 aliphatic heterocycles. The molecule has 1 saturated heterocycles. The molecule has 0 atom stereocenters. The van der Waals surface area contributed by atoms with E-state index in [0.29, 0.717) is 28.9 Å². The maximum absolute atomic E-state index is 12.5. The van der Waals surface area contributed by atoms with Crippen molar-refractivity contribution in [1.29, 1.82) is 0 Å². The predicted molar refractivity (Wildman–Crippen MR) is 116 cm³/mol. The summed E-state index contributed by atoms with van der Waals surface area (Å²) in [5, 5.41) is 12.5. The Balaban J connectivity index is 1.28. The average Bonchev–Trinajstić information content (AvgIpc) is 3.47. The van der Waals surface area contributed by atoms with Crippen molar-refractivity contribution in [2.45, 2.75) is 50.9 Å². The second kappa shape index (κ2) is 9.55. The summed E-state index contributed by atoms with van der Waals surface area (Å²) in [6.07, 6.45) is 7.41. The van der Waals surface area contributed by atoms with E-state index in [2.05, 4.69) is 15.5 Å². The summed E-state index contributed by atoms with van der Waals surface area (Å²) < 4.78 is 5.13. The number of nitrogens with zero attached hydrogens (tertiary/aromatic N) is 3. The number of nitrogens with one attached hydrogen (secondary N) is 1. The van der Waals surface area contributed by atoms with E-state index >= 15 is 0 Å². The number of hydrogen-bond donors (Lipinski definition) is 1. The number of carbonyl (C=O) groups excluding carboxylic acids is 2. The molecule has 4 rings (SSSR count). The lowest BCUT2D eigenvalue weighted by molar-refractivity contribution is -0.133. The summed E-state index contributed by atoms with van der Waals surface area (Å²) >= 11 is 1.35. The van der Waals surface area contributed by atoms with Crippen LogP contribution in [-0.2, 0) is 4.79 Å². The van der Waals surface area contributed by atoms with Crippen LogP contribution in [0.15, 0.2) is 24.3 Å². The lowest BCUT2D eigenvalue weighted by Crippen LogP contribution is -2.38. The van der Waals surface area contributed by atoms with Crippen LogP contribution in [0.25, 0.3) is 0 Å². The van der Waals surface area contributed by atoms with E-state index in [9.17, 15) is 9.59 Å². The van der Waals surface area contributed by atoms with Gasteiger partial charge in [0.1, 0.15) is 10.8 Å². The van der Waals surface area contributed by atoms with Gasteiger partial charge >= 0.3 is 0 Å². The standard InChI is InChI=1S/C22H28N4O3S/c1-29-18-8-6-17(7-9-18)23-20(28)22-25-24-21(30-22)16-10-12-26(13-11-16)19(27)14-15-4-2-3-5-15/h6-9,15-16H,2-5,10-14H2,1H3,(H,23,28). The van der Waals surface area contributed by atoms with Crippen LogP contribution < -0.4 is 10.1 Å². The number of anilines is 1. The molecule has 8 heteroatoms. The Morgan fingerprint density at radius 2 is 1.80 bits per heavy atom. The van der Waals surface area contributed by atoms with Crippen LogP contribution in [0.3, 0.4) is 0 Å². The Morgan fingerprint density at radius 3 is 2.47 bits per heavy atom. The van der Waals surface area contributed by atoms with Gasteiger partial charge in [-0.05, 0) is 55.9 Å². The van der Waals surface area contributed by atoms with E-state index in [4.69, 9.17) is 4.74 Å². The number of benzene rings is 1. The first-order valence-electron chi connectivity index (χ1n) is 10.7. The molecule has 0 radical (unpaired) electrons. The van der Waals surface area contributed by atoms with Crippen LogP contribution in [0.2, 0.25) is 0 Å². The first-order valence-corrected chi connectivity index (χ1v) is 11.5. The highest BCUT2D eigenvalue weighted by molar-refractivity contribution is 7.13. The molecular weight excluding hydrogens is 400 g/mol. The molecule has 1 aromatic heterocycles. The normalized spacial score (nSPS) is 17.8. The number of hydrogen-bond acceptors (Lipinski definition) is 6. The molecule has 0 spiro atoms. The van der Waals surface area contributed by atoms with Crippen molar-refractivity contribution in [3.8, 4) is 5.75 Å². The Kier molecular flexibility index (Phi) is 6.62. The van der Waals surface area contributed by atoms with Crippen molar-refractivity contribution in [2.75, 3.05) is 25.5 Å².